The Bertz CT molecular complexity index is 1170. The predicted octanol–water partition coefficient (Wildman–Crippen LogP) is 3.39. The third-order valence-electron chi connectivity index (χ3n) is 4.86. The Labute approximate surface area is 167 Å². The van der Waals surface area contributed by atoms with Crippen molar-refractivity contribution in [3.8, 4) is 11.1 Å². The van der Waals surface area contributed by atoms with E-state index in [1.165, 1.54) is 0 Å². The van der Waals surface area contributed by atoms with Gasteiger partial charge in [-0.05, 0) is 47.4 Å². The van der Waals surface area contributed by atoms with Crippen molar-refractivity contribution in [2.24, 2.45) is 5.73 Å². The van der Waals surface area contributed by atoms with Crippen LogP contribution in [0.25, 0.3) is 22.2 Å². The van der Waals surface area contributed by atoms with Crippen LogP contribution in [0.3, 0.4) is 0 Å². The van der Waals surface area contributed by atoms with Gasteiger partial charge in [-0.15, -0.1) is 0 Å². The van der Waals surface area contributed by atoms with E-state index in [2.05, 4.69) is 20.5 Å². The van der Waals surface area contributed by atoms with E-state index < -0.39 is 0 Å². The number of carbonyl (C=O) groups is 1. The number of aromatic nitrogens is 3. The average Bonchev–Trinajstić information content (AvgIpc) is 3.23. The fraction of sp³-hybridized carbons (Fsp3) is 0.136. The lowest BCUT2D eigenvalue weighted by atomic mass is 9.93. The van der Waals surface area contributed by atoms with Gasteiger partial charge >= 0.3 is 0 Å². The van der Waals surface area contributed by atoms with Gasteiger partial charge in [0.2, 0.25) is 0 Å². The van der Waals surface area contributed by atoms with Gasteiger partial charge < -0.3 is 16.2 Å². The fourth-order valence-electron chi connectivity index (χ4n) is 3.29. The van der Waals surface area contributed by atoms with Crippen molar-refractivity contribution in [1.82, 2.24) is 15.2 Å². The maximum atomic E-state index is 12.9. The number of pyridine rings is 1. The highest BCUT2D eigenvalue weighted by molar-refractivity contribution is 6.08. The maximum absolute atomic E-state index is 12.9. The Kier molecular flexibility index (Phi) is 5.07. The zero-order valence-electron chi connectivity index (χ0n) is 15.9. The van der Waals surface area contributed by atoms with Gasteiger partial charge in [0, 0.05) is 17.8 Å². The van der Waals surface area contributed by atoms with E-state index in [0.717, 1.165) is 27.6 Å². The minimum absolute atomic E-state index is 0.0166. The largest absolute Gasteiger partial charge is 0.392 e. The Balaban J connectivity index is 1.70. The van der Waals surface area contributed by atoms with Crippen molar-refractivity contribution < 1.29 is 9.90 Å². The topological polar surface area (TPSA) is 117 Å². The van der Waals surface area contributed by atoms with Crippen molar-refractivity contribution in [2.45, 2.75) is 19.6 Å². The molecule has 1 amide bonds. The minimum atomic E-state index is -0.233. The summed E-state index contributed by atoms with van der Waals surface area (Å²) >= 11 is 0. The molecule has 4 rings (SSSR count). The molecule has 0 aliphatic heterocycles. The molecule has 2 heterocycles. The van der Waals surface area contributed by atoms with Crippen LogP contribution < -0.4 is 11.1 Å². The van der Waals surface area contributed by atoms with Crippen LogP contribution in [-0.4, -0.2) is 26.2 Å². The number of nitrogens with zero attached hydrogens (tertiary/aromatic N) is 2. The molecule has 0 saturated carbocycles. The first kappa shape index (κ1) is 18.8. The third-order valence-corrected chi connectivity index (χ3v) is 4.86. The van der Waals surface area contributed by atoms with Gasteiger partial charge in [0.25, 0.3) is 5.91 Å². The van der Waals surface area contributed by atoms with E-state index in [4.69, 9.17) is 5.73 Å². The lowest BCUT2D eigenvalue weighted by molar-refractivity contribution is 0.102. The number of nitrogens with two attached hydrogens (primary N) is 1. The van der Waals surface area contributed by atoms with Gasteiger partial charge in [0.1, 0.15) is 0 Å². The van der Waals surface area contributed by atoms with Crippen molar-refractivity contribution in [1.29, 1.82) is 0 Å². The van der Waals surface area contributed by atoms with Crippen LogP contribution in [0.1, 0.15) is 34.5 Å². The molecular formula is C22H21N5O2. The summed E-state index contributed by atoms with van der Waals surface area (Å²) in [6.07, 6.45) is 3.24. The summed E-state index contributed by atoms with van der Waals surface area (Å²) in [7, 11) is 0. The number of hydrogen-bond acceptors (Lipinski definition) is 5. The van der Waals surface area contributed by atoms with Crippen LogP contribution in [0.5, 0.6) is 0 Å². The van der Waals surface area contributed by atoms with Crippen LogP contribution in [0.2, 0.25) is 0 Å². The van der Waals surface area contributed by atoms with Crippen molar-refractivity contribution in [2.75, 3.05) is 5.32 Å². The fourth-order valence-corrected chi connectivity index (χ4v) is 3.29. The molecule has 5 N–H and O–H groups in total. The molecule has 0 aliphatic carbocycles. The van der Waals surface area contributed by atoms with Crippen LogP contribution >= 0.6 is 0 Å². The molecule has 7 heteroatoms. The Morgan fingerprint density at radius 1 is 1.21 bits per heavy atom. The molecule has 29 heavy (non-hydrogen) atoms. The first-order valence-electron chi connectivity index (χ1n) is 9.26. The highest BCUT2D eigenvalue weighted by Gasteiger charge is 2.15. The maximum Gasteiger partial charge on any atom is 0.255 e. The monoisotopic (exact) mass is 387 g/mol. The van der Waals surface area contributed by atoms with E-state index in [1.807, 2.05) is 43.3 Å². The molecule has 0 aliphatic rings. The van der Waals surface area contributed by atoms with Gasteiger partial charge in [-0.2, -0.15) is 5.10 Å². The summed E-state index contributed by atoms with van der Waals surface area (Å²) in [6, 6.07) is 14.6. The number of nitrogens with one attached hydrogen (secondary N) is 2. The number of benzene rings is 2. The van der Waals surface area contributed by atoms with Crippen LogP contribution in [0.4, 0.5) is 5.69 Å². The van der Waals surface area contributed by atoms with E-state index in [1.54, 1.807) is 24.5 Å². The number of carbonyl (C=O) groups excluding carboxylic acids is 1. The van der Waals surface area contributed by atoms with Gasteiger partial charge in [0.15, 0.2) is 5.65 Å². The number of aromatic amines is 1. The lowest BCUT2D eigenvalue weighted by Crippen LogP contribution is -2.14. The van der Waals surface area contributed by atoms with Crippen molar-refractivity contribution >= 4 is 22.6 Å². The molecule has 1 unspecified atom stereocenters. The normalized spacial score (nSPS) is 12.1. The van der Waals surface area contributed by atoms with Gasteiger partial charge in [-0.3, -0.25) is 9.89 Å². The number of rotatable bonds is 5. The Morgan fingerprint density at radius 2 is 2.00 bits per heavy atom. The molecular weight excluding hydrogens is 366 g/mol. The minimum Gasteiger partial charge on any atom is -0.392 e. The molecule has 1 atom stereocenters. The van der Waals surface area contributed by atoms with Gasteiger partial charge in [-0.1, -0.05) is 30.3 Å². The van der Waals surface area contributed by atoms with Crippen molar-refractivity contribution in [3.05, 3.63) is 77.6 Å². The number of fused-ring (bicyclic) bond motifs is 1. The summed E-state index contributed by atoms with van der Waals surface area (Å²) in [5.74, 6) is -0.233. The molecule has 146 valence electrons. The molecule has 0 spiro atoms. The second-order valence-electron chi connectivity index (χ2n) is 6.89. The molecule has 7 nitrogen and oxygen atoms in total. The quantitative estimate of drug-likeness (QED) is 0.419. The van der Waals surface area contributed by atoms with Gasteiger partial charge in [-0.25, -0.2) is 4.98 Å². The molecule has 0 radical (unpaired) electrons. The molecule has 4 aromatic rings. The van der Waals surface area contributed by atoms with Crippen molar-refractivity contribution in [3.63, 3.8) is 0 Å². The standard InChI is InChI=1S/C22H21N5O2/c1-13(23)17-7-6-16(10-18(17)15-4-2-14(12-28)3-5-15)22(29)26-20-8-9-24-21-19(20)11-25-27-21/h2-11,13,28H,12,23H2,1H3,(H2,24,25,26,27,29). The summed E-state index contributed by atoms with van der Waals surface area (Å²) in [4.78, 5) is 17.1. The molecule has 0 fully saturated rings. The number of amides is 1. The molecule has 2 aromatic carbocycles. The summed E-state index contributed by atoms with van der Waals surface area (Å²) in [6.45, 7) is 1.89. The van der Waals surface area contributed by atoms with Crippen LogP contribution in [-0.2, 0) is 6.61 Å². The number of hydrogen-bond donors (Lipinski definition) is 4. The van der Waals surface area contributed by atoms with E-state index in [9.17, 15) is 9.90 Å². The summed E-state index contributed by atoms with van der Waals surface area (Å²) in [5.41, 5.74) is 11.5. The van der Waals surface area contributed by atoms with E-state index in [0.29, 0.717) is 16.9 Å². The number of H-pyrrole nitrogens is 1. The van der Waals surface area contributed by atoms with Gasteiger partial charge in [0.05, 0.1) is 23.9 Å². The second kappa shape index (κ2) is 7.83. The average molecular weight is 387 g/mol. The Hall–Kier alpha value is -3.55. The third kappa shape index (κ3) is 3.73. The highest BCUT2D eigenvalue weighted by atomic mass is 16.3. The smallest absolute Gasteiger partial charge is 0.255 e. The zero-order valence-corrected chi connectivity index (χ0v) is 15.9. The number of aliphatic hydroxyl groups excluding tert-OH is 1. The zero-order chi connectivity index (χ0) is 20.4. The lowest BCUT2D eigenvalue weighted by Gasteiger charge is -2.15. The second-order valence-corrected chi connectivity index (χ2v) is 6.89. The predicted molar refractivity (Wildman–Crippen MR) is 112 cm³/mol. The first-order valence-corrected chi connectivity index (χ1v) is 9.26. The molecule has 2 aromatic heterocycles. The highest BCUT2D eigenvalue weighted by Crippen LogP contribution is 2.29. The van der Waals surface area contributed by atoms with E-state index in [-0.39, 0.29) is 18.6 Å². The summed E-state index contributed by atoms with van der Waals surface area (Å²) < 4.78 is 0. The number of anilines is 1. The van der Waals surface area contributed by atoms with E-state index >= 15 is 0 Å². The molecule has 0 saturated heterocycles. The summed E-state index contributed by atoms with van der Waals surface area (Å²) in [5, 5.41) is 19.7. The number of aliphatic hydroxyl groups is 1. The SMILES string of the molecule is CC(N)c1ccc(C(=O)Nc2ccnc3[nH]ncc23)cc1-c1ccc(CO)cc1. The Morgan fingerprint density at radius 3 is 2.72 bits per heavy atom. The molecule has 0 bridgehead atoms. The van der Waals surface area contributed by atoms with Crippen LogP contribution in [0.15, 0.2) is 60.9 Å². The first-order chi connectivity index (χ1) is 14.1. The van der Waals surface area contributed by atoms with Crippen LogP contribution in [0, 0.1) is 0 Å².